The highest BCUT2D eigenvalue weighted by Gasteiger charge is 2.32. The lowest BCUT2D eigenvalue weighted by Gasteiger charge is -2.25. The molecular weight excluding hydrogens is 450 g/mol. The molecule has 0 N–H and O–H groups in total. The first kappa shape index (κ1) is 23.7. The Morgan fingerprint density at radius 3 is 2.24 bits per heavy atom. The van der Waals surface area contributed by atoms with Gasteiger partial charge in [0.1, 0.15) is 18.5 Å². The molecule has 5 aromatic rings. The third-order valence-corrected chi connectivity index (χ3v) is 8.04. The highest BCUT2D eigenvalue weighted by atomic mass is 16.5. The molecule has 0 saturated carbocycles. The molecule has 6 rings (SSSR count). The Morgan fingerprint density at radius 1 is 0.784 bits per heavy atom. The van der Waals surface area contributed by atoms with E-state index < -0.39 is 0 Å². The minimum atomic E-state index is 0.524. The second-order valence-corrected chi connectivity index (χ2v) is 11.5. The first-order valence-electron chi connectivity index (χ1n) is 13.5. The Kier molecular flexibility index (Phi) is 5.60. The highest BCUT2D eigenvalue weighted by Crippen LogP contribution is 2.51. The molecule has 2 heteroatoms. The number of hydrogen-bond acceptors (Lipinski definition) is 1. The summed E-state index contributed by atoms with van der Waals surface area (Å²) in [6, 6.07) is 22.7. The fraction of sp³-hybridized carbons (Fsp3) is 0.286. The van der Waals surface area contributed by atoms with Crippen LogP contribution in [0.15, 0.2) is 66.9 Å². The third-order valence-electron chi connectivity index (χ3n) is 8.04. The molecule has 0 fully saturated rings. The monoisotopic (exact) mass is 486 g/mol. The van der Waals surface area contributed by atoms with Gasteiger partial charge in [-0.1, -0.05) is 70.2 Å². The molecule has 4 aromatic carbocycles. The number of fused-ring (bicyclic) bond motifs is 3. The zero-order chi connectivity index (χ0) is 26.0. The molecule has 1 aliphatic heterocycles. The SMILES string of the molecule is Cc1c2c(c(C)c3ccc(CC(C)C)cc13)-c1c3c(cc(-c4ccc(C(C)C)cc4)cc3cc[n+]1C)O2. The van der Waals surface area contributed by atoms with Gasteiger partial charge in [0.25, 0.3) is 0 Å². The van der Waals surface area contributed by atoms with Gasteiger partial charge in [-0.2, -0.15) is 0 Å². The largest absolute Gasteiger partial charge is 0.455 e. The van der Waals surface area contributed by atoms with E-state index >= 15 is 0 Å². The minimum absolute atomic E-state index is 0.524. The van der Waals surface area contributed by atoms with E-state index in [9.17, 15) is 0 Å². The molecule has 2 nitrogen and oxygen atoms in total. The summed E-state index contributed by atoms with van der Waals surface area (Å²) in [7, 11) is 2.15. The fourth-order valence-electron chi connectivity index (χ4n) is 6.04. The molecule has 1 aliphatic rings. The number of nitrogens with zero attached hydrogens (tertiary/aromatic N) is 1. The van der Waals surface area contributed by atoms with Gasteiger partial charge in [0.15, 0.2) is 6.20 Å². The Labute approximate surface area is 220 Å². The summed E-state index contributed by atoms with van der Waals surface area (Å²) in [5.41, 5.74) is 10.1. The molecule has 0 spiro atoms. The van der Waals surface area contributed by atoms with E-state index in [1.54, 1.807) is 0 Å². The van der Waals surface area contributed by atoms with Crippen LogP contribution in [0.2, 0.25) is 0 Å². The summed E-state index contributed by atoms with van der Waals surface area (Å²) in [5, 5.41) is 5.02. The maximum Gasteiger partial charge on any atom is 0.228 e. The molecule has 0 atom stereocenters. The van der Waals surface area contributed by atoms with Crippen LogP contribution < -0.4 is 9.30 Å². The second kappa shape index (κ2) is 8.73. The van der Waals surface area contributed by atoms with Crippen LogP contribution >= 0.6 is 0 Å². The van der Waals surface area contributed by atoms with Crippen molar-refractivity contribution in [1.82, 2.24) is 0 Å². The summed E-state index contributed by atoms with van der Waals surface area (Å²) < 4.78 is 9.12. The number of benzene rings is 4. The Bertz CT molecular complexity index is 1690. The van der Waals surface area contributed by atoms with Gasteiger partial charge >= 0.3 is 0 Å². The van der Waals surface area contributed by atoms with Gasteiger partial charge in [-0.3, -0.25) is 0 Å². The first-order chi connectivity index (χ1) is 17.7. The van der Waals surface area contributed by atoms with Gasteiger partial charge in [-0.05, 0) is 88.2 Å². The van der Waals surface area contributed by atoms with Crippen LogP contribution in [0.1, 0.15) is 55.9 Å². The topological polar surface area (TPSA) is 13.1 Å². The van der Waals surface area contributed by atoms with Gasteiger partial charge in [-0.25, -0.2) is 4.57 Å². The van der Waals surface area contributed by atoms with Crippen molar-refractivity contribution in [2.24, 2.45) is 13.0 Å². The molecule has 2 heterocycles. The first-order valence-corrected chi connectivity index (χ1v) is 13.5. The molecule has 0 unspecified atom stereocenters. The summed E-state index contributed by atoms with van der Waals surface area (Å²) in [4.78, 5) is 0. The number of aromatic nitrogens is 1. The average molecular weight is 487 g/mol. The highest BCUT2D eigenvalue weighted by molar-refractivity contribution is 6.07. The quantitative estimate of drug-likeness (QED) is 0.226. The van der Waals surface area contributed by atoms with E-state index in [0.717, 1.165) is 17.9 Å². The molecule has 0 amide bonds. The van der Waals surface area contributed by atoms with Crippen molar-refractivity contribution >= 4 is 21.5 Å². The Balaban J connectivity index is 1.59. The van der Waals surface area contributed by atoms with Crippen molar-refractivity contribution in [1.29, 1.82) is 0 Å². The molecule has 1 aromatic heterocycles. The van der Waals surface area contributed by atoms with E-state index in [1.165, 1.54) is 66.2 Å². The number of hydrogen-bond donors (Lipinski definition) is 0. The number of rotatable bonds is 4. The van der Waals surface area contributed by atoms with Crippen LogP contribution in [0, 0.1) is 19.8 Å². The molecule has 0 bridgehead atoms. The minimum Gasteiger partial charge on any atom is -0.455 e. The van der Waals surface area contributed by atoms with Crippen molar-refractivity contribution < 1.29 is 9.30 Å². The maximum atomic E-state index is 6.86. The molecule has 0 radical (unpaired) electrons. The molecular formula is C35H36NO+. The number of aryl methyl sites for hydroxylation is 3. The molecule has 37 heavy (non-hydrogen) atoms. The lowest BCUT2D eigenvalue weighted by Crippen LogP contribution is -2.32. The summed E-state index contributed by atoms with van der Waals surface area (Å²) >= 11 is 0. The standard InChI is InChI=1S/C35H36NO/c1-20(2)16-24-8-13-29-22(5)32-34-33-27(14-15-36(34)7)18-28(26-11-9-25(10-12-26)21(3)4)19-31(33)37-35(32)23(6)30(29)17-24/h8-15,17-21H,16H2,1-7H3/q+1. The van der Waals surface area contributed by atoms with Crippen LogP contribution in [-0.2, 0) is 13.5 Å². The van der Waals surface area contributed by atoms with Crippen molar-refractivity contribution in [3.05, 3.63) is 89.1 Å². The van der Waals surface area contributed by atoms with E-state index in [0.29, 0.717) is 11.8 Å². The Hall–Kier alpha value is -3.65. The van der Waals surface area contributed by atoms with Gasteiger partial charge < -0.3 is 4.74 Å². The predicted molar refractivity (Wildman–Crippen MR) is 156 cm³/mol. The molecule has 186 valence electrons. The van der Waals surface area contributed by atoms with Crippen LogP contribution in [0.3, 0.4) is 0 Å². The normalized spacial score (nSPS) is 12.5. The zero-order valence-electron chi connectivity index (χ0n) is 23.1. The lowest BCUT2D eigenvalue weighted by atomic mass is 9.87. The van der Waals surface area contributed by atoms with Gasteiger partial charge in [-0.15, -0.1) is 0 Å². The van der Waals surface area contributed by atoms with Crippen LogP contribution in [0.25, 0.3) is 43.9 Å². The average Bonchev–Trinajstić information content (AvgIpc) is 2.88. The van der Waals surface area contributed by atoms with Crippen molar-refractivity contribution in [3.63, 3.8) is 0 Å². The summed E-state index contributed by atoms with van der Waals surface area (Å²) in [5.74, 6) is 3.09. The van der Waals surface area contributed by atoms with E-state index in [-0.39, 0.29) is 0 Å². The van der Waals surface area contributed by atoms with Crippen molar-refractivity contribution in [2.75, 3.05) is 0 Å². The Morgan fingerprint density at radius 2 is 1.54 bits per heavy atom. The smallest absolute Gasteiger partial charge is 0.228 e. The van der Waals surface area contributed by atoms with Crippen LogP contribution in [-0.4, -0.2) is 0 Å². The lowest BCUT2D eigenvalue weighted by molar-refractivity contribution is -0.659. The van der Waals surface area contributed by atoms with Gasteiger partial charge in [0, 0.05) is 11.6 Å². The number of ether oxygens (including phenoxy) is 1. The second-order valence-electron chi connectivity index (χ2n) is 11.5. The van der Waals surface area contributed by atoms with Gasteiger partial charge in [0.2, 0.25) is 5.69 Å². The predicted octanol–water partition coefficient (Wildman–Crippen LogP) is 9.20. The summed E-state index contributed by atoms with van der Waals surface area (Å²) in [6.45, 7) is 13.5. The third kappa shape index (κ3) is 3.82. The van der Waals surface area contributed by atoms with E-state index in [4.69, 9.17) is 4.74 Å². The van der Waals surface area contributed by atoms with Crippen LogP contribution in [0.4, 0.5) is 0 Å². The van der Waals surface area contributed by atoms with Crippen LogP contribution in [0.5, 0.6) is 11.5 Å². The molecule has 0 saturated heterocycles. The number of pyridine rings is 1. The van der Waals surface area contributed by atoms with E-state index in [2.05, 4.69) is 120 Å². The molecule has 0 aliphatic carbocycles. The van der Waals surface area contributed by atoms with Gasteiger partial charge in [0.05, 0.1) is 10.9 Å². The van der Waals surface area contributed by atoms with Crippen molar-refractivity contribution in [3.8, 4) is 33.9 Å². The van der Waals surface area contributed by atoms with Crippen molar-refractivity contribution in [2.45, 2.75) is 53.9 Å². The van der Waals surface area contributed by atoms with E-state index in [1.807, 2.05) is 0 Å². The summed E-state index contributed by atoms with van der Waals surface area (Å²) in [6.07, 6.45) is 3.27. The zero-order valence-corrected chi connectivity index (χ0v) is 23.1. The fourth-order valence-corrected chi connectivity index (χ4v) is 6.04. The maximum absolute atomic E-state index is 6.86.